The average Bonchev–Trinajstić information content (AvgIpc) is 3.57. The van der Waals surface area contributed by atoms with Crippen molar-refractivity contribution < 1.29 is 9.53 Å². The molecule has 2 fully saturated rings. The molecule has 1 aromatic heterocycles. The van der Waals surface area contributed by atoms with Gasteiger partial charge in [-0.15, -0.1) is 0 Å². The summed E-state index contributed by atoms with van der Waals surface area (Å²) in [5.41, 5.74) is 4.54. The van der Waals surface area contributed by atoms with Crippen molar-refractivity contribution in [1.29, 1.82) is 0 Å². The number of aromatic amines is 1. The van der Waals surface area contributed by atoms with E-state index in [-0.39, 0.29) is 5.91 Å². The zero-order valence-corrected chi connectivity index (χ0v) is 18.6. The lowest BCUT2D eigenvalue weighted by molar-refractivity contribution is 0.0644. The van der Waals surface area contributed by atoms with Crippen molar-refractivity contribution in [2.45, 2.75) is 31.7 Å². The number of piperidine rings is 1. The molecule has 32 heavy (non-hydrogen) atoms. The SMILES string of the molecule is COc1cccc(-c2cc(-c3ccc(C(=O)N4CCC(N5CCCC5)CC4)cc3)[nH]n2)c1. The second-order valence-electron chi connectivity index (χ2n) is 8.74. The zero-order chi connectivity index (χ0) is 21.9. The Balaban J connectivity index is 1.23. The van der Waals surface area contributed by atoms with Gasteiger partial charge in [0.05, 0.1) is 18.5 Å². The fourth-order valence-corrected chi connectivity index (χ4v) is 4.92. The summed E-state index contributed by atoms with van der Waals surface area (Å²) in [5.74, 6) is 0.942. The number of rotatable bonds is 5. The van der Waals surface area contributed by atoms with Gasteiger partial charge in [0.25, 0.3) is 5.91 Å². The number of ether oxygens (including phenoxy) is 1. The minimum Gasteiger partial charge on any atom is -0.497 e. The summed E-state index contributed by atoms with van der Waals surface area (Å²) < 4.78 is 5.31. The van der Waals surface area contributed by atoms with Gasteiger partial charge in [0.1, 0.15) is 5.75 Å². The molecular formula is C26H30N4O2. The summed E-state index contributed by atoms with van der Waals surface area (Å²) in [6.45, 7) is 4.17. The van der Waals surface area contributed by atoms with Gasteiger partial charge in [-0.25, -0.2) is 0 Å². The highest BCUT2D eigenvalue weighted by Gasteiger charge is 2.28. The van der Waals surface area contributed by atoms with Crippen LogP contribution in [0, 0.1) is 0 Å². The largest absolute Gasteiger partial charge is 0.497 e. The number of nitrogens with one attached hydrogen (secondary N) is 1. The molecule has 2 saturated heterocycles. The van der Waals surface area contributed by atoms with Crippen molar-refractivity contribution in [2.75, 3.05) is 33.3 Å². The van der Waals surface area contributed by atoms with E-state index in [9.17, 15) is 4.79 Å². The molecule has 0 unspecified atom stereocenters. The quantitative estimate of drug-likeness (QED) is 0.650. The van der Waals surface area contributed by atoms with Crippen molar-refractivity contribution >= 4 is 5.91 Å². The Morgan fingerprint density at radius 1 is 0.969 bits per heavy atom. The van der Waals surface area contributed by atoms with E-state index in [1.54, 1.807) is 7.11 Å². The molecular weight excluding hydrogens is 400 g/mol. The van der Waals surface area contributed by atoms with E-state index in [2.05, 4.69) is 15.1 Å². The van der Waals surface area contributed by atoms with Gasteiger partial charge >= 0.3 is 0 Å². The van der Waals surface area contributed by atoms with Gasteiger partial charge < -0.3 is 14.5 Å². The van der Waals surface area contributed by atoms with Crippen LogP contribution in [-0.4, -0.2) is 65.2 Å². The van der Waals surface area contributed by atoms with Crippen LogP contribution in [0.15, 0.2) is 54.6 Å². The van der Waals surface area contributed by atoms with Crippen molar-refractivity contribution in [3.63, 3.8) is 0 Å². The van der Waals surface area contributed by atoms with Crippen LogP contribution in [0.25, 0.3) is 22.5 Å². The fraction of sp³-hybridized carbons (Fsp3) is 0.385. The molecule has 1 N–H and O–H groups in total. The number of aromatic nitrogens is 2. The number of hydrogen-bond donors (Lipinski definition) is 1. The third-order valence-corrected chi connectivity index (χ3v) is 6.79. The van der Waals surface area contributed by atoms with Crippen LogP contribution in [0.1, 0.15) is 36.0 Å². The number of H-pyrrole nitrogens is 1. The van der Waals surface area contributed by atoms with Gasteiger partial charge in [-0.1, -0.05) is 24.3 Å². The molecule has 3 aromatic rings. The molecule has 0 spiro atoms. The maximum Gasteiger partial charge on any atom is 0.253 e. The van der Waals surface area contributed by atoms with Crippen LogP contribution < -0.4 is 4.74 Å². The van der Waals surface area contributed by atoms with Crippen LogP contribution >= 0.6 is 0 Å². The number of carbonyl (C=O) groups excluding carboxylic acids is 1. The zero-order valence-electron chi connectivity index (χ0n) is 18.6. The second kappa shape index (κ2) is 9.17. The van der Waals surface area contributed by atoms with E-state index in [4.69, 9.17) is 4.74 Å². The van der Waals surface area contributed by atoms with Crippen LogP contribution in [0.5, 0.6) is 5.75 Å². The molecule has 0 aliphatic carbocycles. The summed E-state index contributed by atoms with van der Waals surface area (Å²) in [5, 5.41) is 7.56. The van der Waals surface area contributed by atoms with Crippen molar-refractivity contribution in [2.24, 2.45) is 0 Å². The minimum atomic E-state index is 0.137. The molecule has 6 heteroatoms. The molecule has 6 nitrogen and oxygen atoms in total. The molecule has 5 rings (SSSR count). The van der Waals surface area contributed by atoms with E-state index in [1.807, 2.05) is 59.5 Å². The maximum absolute atomic E-state index is 13.0. The summed E-state index contributed by atoms with van der Waals surface area (Å²) in [6.07, 6.45) is 4.82. The topological polar surface area (TPSA) is 61.5 Å². The molecule has 1 amide bonds. The predicted molar refractivity (Wildman–Crippen MR) is 126 cm³/mol. The number of carbonyl (C=O) groups is 1. The number of amides is 1. The molecule has 2 aliphatic heterocycles. The third-order valence-electron chi connectivity index (χ3n) is 6.79. The first-order chi connectivity index (χ1) is 15.7. The summed E-state index contributed by atoms with van der Waals surface area (Å²) in [4.78, 5) is 17.6. The minimum absolute atomic E-state index is 0.137. The first-order valence-corrected chi connectivity index (χ1v) is 11.5. The Kier molecular flexibility index (Phi) is 5.95. The van der Waals surface area contributed by atoms with Gasteiger partial charge in [0.2, 0.25) is 0 Å². The van der Waals surface area contributed by atoms with Crippen LogP contribution in [0.2, 0.25) is 0 Å². The van der Waals surface area contributed by atoms with Gasteiger partial charge in [-0.05, 0) is 74.7 Å². The van der Waals surface area contributed by atoms with E-state index in [0.29, 0.717) is 6.04 Å². The number of nitrogens with zero attached hydrogens (tertiary/aromatic N) is 3. The molecule has 2 aliphatic rings. The lowest BCUT2D eigenvalue weighted by atomic mass is 10.0. The van der Waals surface area contributed by atoms with Crippen LogP contribution in [0.3, 0.4) is 0 Å². The van der Waals surface area contributed by atoms with E-state index >= 15 is 0 Å². The van der Waals surface area contributed by atoms with Crippen LogP contribution in [-0.2, 0) is 0 Å². The van der Waals surface area contributed by atoms with Gasteiger partial charge in [0.15, 0.2) is 0 Å². The number of hydrogen-bond acceptors (Lipinski definition) is 4. The summed E-state index contributed by atoms with van der Waals surface area (Å²) in [7, 11) is 1.66. The molecule has 3 heterocycles. The Labute approximate surface area is 189 Å². The number of likely N-dealkylation sites (tertiary alicyclic amines) is 2. The number of benzene rings is 2. The van der Waals surface area contributed by atoms with E-state index < -0.39 is 0 Å². The lowest BCUT2D eigenvalue weighted by Crippen LogP contribution is -2.45. The van der Waals surface area contributed by atoms with Gasteiger partial charge in [-0.2, -0.15) is 5.10 Å². The lowest BCUT2D eigenvalue weighted by Gasteiger charge is -2.36. The third kappa shape index (κ3) is 4.28. The Hall–Kier alpha value is -3.12. The predicted octanol–water partition coefficient (Wildman–Crippen LogP) is 4.45. The van der Waals surface area contributed by atoms with Gasteiger partial charge in [-0.3, -0.25) is 9.89 Å². The average molecular weight is 431 g/mol. The molecule has 0 radical (unpaired) electrons. The first-order valence-electron chi connectivity index (χ1n) is 11.5. The Bertz CT molecular complexity index is 1060. The molecule has 0 bridgehead atoms. The Morgan fingerprint density at radius 2 is 1.72 bits per heavy atom. The fourth-order valence-electron chi connectivity index (χ4n) is 4.92. The highest BCUT2D eigenvalue weighted by molar-refractivity contribution is 5.94. The first kappa shape index (κ1) is 20.8. The van der Waals surface area contributed by atoms with Crippen molar-refractivity contribution in [3.8, 4) is 28.3 Å². The normalized spacial score (nSPS) is 17.6. The molecule has 0 saturated carbocycles. The van der Waals surface area contributed by atoms with Crippen LogP contribution in [0.4, 0.5) is 0 Å². The Morgan fingerprint density at radius 3 is 2.44 bits per heavy atom. The highest BCUT2D eigenvalue weighted by atomic mass is 16.5. The molecule has 0 atom stereocenters. The smallest absolute Gasteiger partial charge is 0.253 e. The maximum atomic E-state index is 13.0. The number of methoxy groups -OCH3 is 1. The highest BCUT2D eigenvalue weighted by Crippen LogP contribution is 2.27. The van der Waals surface area contributed by atoms with Gasteiger partial charge in [0, 0.05) is 30.3 Å². The van der Waals surface area contributed by atoms with E-state index in [1.165, 1.54) is 25.9 Å². The van der Waals surface area contributed by atoms with Crippen molar-refractivity contribution in [3.05, 3.63) is 60.2 Å². The van der Waals surface area contributed by atoms with E-state index in [0.717, 1.165) is 59.8 Å². The second-order valence-corrected chi connectivity index (χ2v) is 8.74. The standard InChI is InChI=1S/C26H30N4O2/c1-32-23-6-4-5-21(17-23)25-18-24(27-28-25)19-7-9-20(10-8-19)26(31)30-15-11-22(12-16-30)29-13-2-3-14-29/h4-10,17-18,22H,2-3,11-16H2,1H3,(H,27,28). The molecule has 166 valence electrons. The van der Waals surface area contributed by atoms with Crippen molar-refractivity contribution in [1.82, 2.24) is 20.0 Å². The summed E-state index contributed by atoms with van der Waals surface area (Å²) in [6, 6.07) is 18.4. The summed E-state index contributed by atoms with van der Waals surface area (Å²) >= 11 is 0. The molecule has 2 aromatic carbocycles. The monoisotopic (exact) mass is 430 g/mol.